The number of nitrogen functional groups attached to an aromatic ring is 1. The number of aromatic nitrogens is 1. The molecule has 2 rings (SSSR count). The van der Waals surface area contributed by atoms with Crippen LogP contribution in [-0.2, 0) is 16.4 Å². The number of nitrogens with zero attached hydrogens (tertiary/aromatic N) is 1. The van der Waals surface area contributed by atoms with E-state index in [9.17, 15) is 12.8 Å². The lowest BCUT2D eigenvalue weighted by Gasteiger charge is -2.07. The number of hydrogen-bond acceptors (Lipinski definition) is 5. The van der Waals surface area contributed by atoms with Gasteiger partial charge in [0.15, 0.2) is 0 Å². The Hall–Kier alpha value is -1.51. The normalized spacial score (nSPS) is 11.7. The van der Waals surface area contributed by atoms with Gasteiger partial charge in [-0.2, -0.15) is 0 Å². The van der Waals surface area contributed by atoms with Gasteiger partial charge in [0.1, 0.15) is 10.7 Å². The van der Waals surface area contributed by atoms with E-state index in [2.05, 4.69) is 9.71 Å². The highest BCUT2D eigenvalue weighted by molar-refractivity contribution is 7.89. The van der Waals surface area contributed by atoms with E-state index in [1.54, 1.807) is 0 Å². The zero-order valence-electron chi connectivity index (χ0n) is 10.8. The summed E-state index contributed by atoms with van der Waals surface area (Å²) in [6, 6.07) is 3.49. The fourth-order valence-corrected chi connectivity index (χ4v) is 3.39. The summed E-state index contributed by atoms with van der Waals surface area (Å²) in [5, 5.41) is 2.79. The molecule has 2 aromatic rings. The third-order valence-electron chi connectivity index (χ3n) is 2.59. The predicted molar refractivity (Wildman–Crippen MR) is 76.6 cm³/mol. The first-order valence-electron chi connectivity index (χ1n) is 5.84. The molecule has 1 aromatic heterocycles. The zero-order chi connectivity index (χ0) is 14.8. The van der Waals surface area contributed by atoms with Gasteiger partial charge in [0.05, 0.1) is 10.7 Å². The van der Waals surface area contributed by atoms with Gasteiger partial charge in [-0.05, 0) is 25.1 Å². The van der Waals surface area contributed by atoms with Gasteiger partial charge in [0.25, 0.3) is 0 Å². The van der Waals surface area contributed by atoms with Crippen LogP contribution in [0.2, 0.25) is 0 Å². The van der Waals surface area contributed by atoms with Crippen molar-refractivity contribution in [1.29, 1.82) is 0 Å². The summed E-state index contributed by atoms with van der Waals surface area (Å²) >= 11 is 1.50. The quantitative estimate of drug-likeness (QED) is 0.822. The van der Waals surface area contributed by atoms with E-state index in [-0.39, 0.29) is 12.2 Å². The minimum absolute atomic E-state index is 0.162. The molecule has 108 valence electrons. The lowest BCUT2D eigenvalue weighted by Crippen LogP contribution is -2.26. The van der Waals surface area contributed by atoms with Crippen LogP contribution in [0.25, 0.3) is 0 Å². The highest BCUT2D eigenvalue weighted by Crippen LogP contribution is 2.17. The van der Waals surface area contributed by atoms with Crippen molar-refractivity contribution in [2.75, 3.05) is 12.3 Å². The number of nitrogens with two attached hydrogens (primary N) is 1. The van der Waals surface area contributed by atoms with Crippen LogP contribution in [-0.4, -0.2) is 19.9 Å². The lowest BCUT2D eigenvalue weighted by atomic mass is 10.3. The molecule has 1 aromatic carbocycles. The van der Waals surface area contributed by atoms with Crippen molar-refractivity contribution in [2.24, 2.45) is 0 Å². The van der Waals surface area contributed by atoms with E-state index in [0.29, 0.717) is 6.42 Å². The highest BCUT2D eigenvalue weighted by atomic mass is 32.2. The Labute approximate surface area is 120 Å². The maximum absolute atomic E-state index is 13.6. The van der Waals surface area contributed by atoms with E-state index in [1.807, 2.05) is 12.3 Å². The van der Waals surface area contributed by atoms with Crippen LogP contribution in [0, 0.1) is 12.7 Å². The lowest BCUT2D eigenvalue weighted by molar-refractivity contribution is 0.557. The van der Waals surface area contributed by atoms with Gasteiger partial charge in [0.2, 0.25) is 10.0 Å². The highest BCUT2D eigenvalue weighted by Gasteiger charge is 2.18. The number of rotatable bonds is 5. The Morgan fingerprint density at radius 1 is 1.45 bits per heavy atom. The summed E-state index contributed by atoms with van der Waals surface area (Å²) in [6.07, 6.45) is 0.458. The van der Waals surface area contributed by atoms with Crippen LogP contribution in [0.4, 0.5) is 10.1 Å². The van der Waals surface area contributed by atoms with Gasteiger partial charge < -0.3 is 5.73 Å². The molecule has 1 heterocycles. The van der Waals surface area contributed by atoms with Gasteiger partial charge in [0, 0.05) is 24.0 Å². The fraction of sp³-hybridized carbons (Fsp3) is 0.250. The van der Waals surface area contributed by atoms with Crippen molar-refractivity contribution >= 4 is 27.0 Å². The Balaban J connectivity index is 2.04. The van der Waals surface area contributed by atoms with Gasteiger partial charge in [-0.1, -0.05) is 0 Å². The van der Waals surface area contributed by atoms with E-state index >= 15 is 0 Å². The molecule has 0 atom stereocenters. The molecule has 20 heavy (non-hydrogen) atoms. The molecule has 0 saturated heterocycles. The Kier molecular flexibility index (Phi) is 4.36. The third-order valence-corrected chi connectivity index (χ3v) is 4.90. The second kappa shape index (κ2) is 5.86. The molecule has 0 fully saturated rings. The van der Waals surface area contributed by atoms with E-state index in [4.69, 9.17) is 5.73 Å². The average molecular weight is 315 g/mol. The molecule has 3 N–H and O–H groups in total. The average Bonchev–Trinajstić information content (AvgIpc) is 2.74. The Bertz CT molecular complexity index is 713. The molecule has 0 unspecified atom stereocenters. The molecule has 0 amide bonds. The molecule has 0 aliphatic heterocycles. The molecule has 0 aliphatic carbocycles. The number of halogens is 1. The summed E-state index contributed by atoms with van der Waals surface area (Å²) in [5.74, 6) is -0.859. The van der Waals surface area contributed by atoms with Crippen molar-refractivity contribution in [3.8, 4) is 0 Å². The maximum atomic E-state index is 13.6. The van der Waals surface area contributed by atoms with Crippen LogP contribution in [0.1, 0.15) is 10.7 Å². The fourth-order valence-electron chi connectivity index (χ4n) is 1.65. The van der Waals surface area contributed by atoms with Gasteiger partial charge >= 0.3 is 0 Å². The minimum atomic E-state index is -3.88. The third kappa shape index (κ3) is 3.53. The molecule has 5 nitrogen and oxygen atoms in total. The number of sulfonamides is 1. The number of nitrogens with one attached hydrogen (secondary N) is 1. The summed E-state index contributed by atoms with van der Waals surface area (Å²) in [7, 11) is -3.88. The van der Waals surface area contributed by atoms with Crippen molar-refractivity contribution in [1.82, 2.24) is 9.71 Å². The first-order valence-corrected chi connectivity index (χ1v) is 8.20. The van der Waals surface area contributed by atoms with E-state index in [1.165, 1.54) is 17.4 Å². The maximum Gasteiger partial charge on any atom is 0.243 e. The predicted octanol–water partition coefficient (Wildman–Crippen LogP) is 1.69. The Morgan fingerprint density at radius 2 is 2.20 bits per heavy atom. The molecular weight excluding hydrogens is 301 g/mol. The van der Waals surface area contributed by atoms with Crippen molar-refractivity contribution < 1.29 is 12.8 Å². The summed E-state index contributed by atoms with van der Waals surface area (Å²) < 4.78 is 39.8. The number of aryl methyl sites for hydroxylation is 1. The summed E-state index contributed by atoms with van der Waals surface area (Å²) in [6.45, 7) is 2.04. The van der Waals surface area contributed by atoms with Crippen molar-refractivity contribution in [2.45, 2.75) is 18.2 Å². The first-order chi connectivity index (χ1) is 9.38. The second-order valence-corrected chi connectivity index (χ2v) is 6.99. The van der Waals surface area contributed by atoms with Crippen LogP contribution in [0.3, 0.4) is 0 Å². The molecule has 0 radical (unpaired) electrons. The topological polar surface area (TPSA) is 85.1 Å². The van der Waals surface area contributed by atoms with Gasteiger partial charge in [-0.25, -0.2) is 22.5 Å². The number of anilines is 1. The van der Waals surface area contributed by atoms with Crippen molar-refractivity contribution in [3.05, 3.63) is 40.1 Å². The van der Waals surface area contributed by atoms with Gasteiger partial charge in [-0.3, -0.25) is 0 Å². The molecule has 0 saturated carbocycles. The van der Waals surface area contributed by atoms with E-state index < -0.39 is 20.7 Å². The smallest absolute Gasteiger partial charge is 0.243 e. The number of benzene rings is 1. The number of hydrogen-bond donors (Lipinski definition) is 2. The monoisotopic (exact) mass is 315 g/mol. The first kappa shape index (κ1) is 14.9. The number of thiazole rings is 1. The summed E-state index contributed by atoms with van der Waals surface area (Å²) in [4.78, 5) is 3.82. The largest absolute Gasteiger partial charge is 0.399 e. The zero-order valence-corrected chi connectivity index (χ0v) is 12.4. The molecular formula is C12H14FN3O2S2. The molecule has 0 bridgehead atoms. The molecule has 0 aliphatic rings. The van der Waals surface area contributed by atoms with Gasteiger partial charge in [-0.15, -0.1) is 11.3 Å². The molecule has 0 spiro atoms. The van der Waals surface area contributed by atoms with Crippen LogP contribution >= 0.6 is 11.3 Å². The standard InChI is InChI=1S/C12H14FN3O2S2/c1-8-16-10(7-19-8)4-5-15-20(17,18)12-3-2-9(14)6-11(12)13/h2-3,6-7,15H,4-5,14H2,1H3. The minimum Gasteiger partial charge on any atom is -0.399 e. The van der Waals surface area contributed by atoms with Crippen LogP contribution in [0.15, 0.2) is 28.5 Å². The van der Waals surface area contributed by atoms with Crippen molar-refractivity contribution in [3.63, 3.8) is 0 Å². The Morgan fingerprint density at radius 3 is 2.80 bits per heavy atom. The second-order valence-electron chi connectivity index (χ2n) is 4.20. The van der Waals surface area contributed by atoms with Crippen LogP contribution in [0.5, 0.6) is 0 Å². The van der Waals surface area contributed by atoms with Crippen LogP contribution < -0.4 is 10.5 Å². The van der Waals surface area contributed by atoms with E-state index in [0.717, 1.165) is 22.8 Å². The molecule has 8 heteroatoms. The SMILES string of the molecule is Cc1nc(CCNS(=O)(=O)c2ccc(N)cc2F)cs1. The summed E-state index contributed by atoms with van der Waals surface area (Å²) in [5.41, 5.74) is 6.38.